The summed E-state index contributed by atoms with van der Waals surface area (Å²) in [5.41, 5.74) is 3.13. The van der Waals surface area contributed by atoms with Gasteiger partial charge in [-0.2, -0.15) is 9.98 Å². The molecule has 3 rings (SSSR count). The summed E-state index contributed by atoms with van der Waals surface area (Å²) in [4.78, 5) is 8.26. The minimum atomic E-state index is 0.449. The van der Waals surface area contributed by atoms with Gasteiger partial charge in [0.2, 0.25) is 0 Å². The van der Waals surface area contributed by atoms with E-state index in [1.54, 1.807) is 0 Å². The second kappa shape index (κ2) is 5.02. The molecule has 0 radical (unpaired) electrons. The molecule has 1 aromatic heterocycles. The van der Waals surface area contributed by atoms with Gasteiger partial charge in [-0.05, 0) is 42.5 Å². The van der Waals surface area contributed by atoms with Crippen molar-refractivity contribution in [2.75, 3.05) is 5.32 Å². The monoisotopic (exact) mass is 267 g/mol. The Morgan fingerprint density at radius 1 is 1.16 bits per heavy atom. The van der Waals surface area contributed by atoms with Crippen LogP contribution in [0.1, 0.15) is 0 Å². The maximum atomic E-state index is 5.58. The van der Waals surface area contributed by atoms with Crippen LogP contribution in [0.15, 0.2) is 57.9 Å². The first-order valence-electron chi connectivity index (χ1n) is 5.66. The van der Waals surface area contributed by atoms with Gasteiger partial charge in [-0.15, -0.1) is 0 Å². The van der Waals surface area contributed by atoms with E-state index in [2.05, 4.69) is 32.7 Å². The highest BCUT2D eigenvalue weighted by atomic mass is 32.1. The predicted molar refractivity (Wildman–Crippen MR) is 78.4 cm³/mol. The van der Waals surface area contributed by atoms with Crippen LogP contribution in [0.3, 0.4) is 0 Å². The molecule has 0 aliphatic rings. The smallest absolute Gasteiger partial charge is 0.300 e. The van der Waals surface area contributed by atoms with E-state index in [1.807, 2.05) is 48.5 Å². The number of benzene rings is 2. The standard InChI is InChI=1S/C14H9N3OS/c19-9-15-10-4-3-5-11(8-10)16-14-17-12-6-1-2-7-13(12)18-14/h1-8H,(H,16,17). The third kappa shape index (κ3) is 2.52. The summed E-state index contributed by atoms with van der Waals surface area (Å²) < 4.78 is 5.58. The number of nitrogens with one attached hydrogen (secondary N) is 1. The van der Waals surface area contributed by atoms with Crippen LogP contribution in [0.25, 0.3) is 11.1 Å². The Kier molecular flexibility index (Phi) is 3.06. The zero-order chi connectivity index (χ0) is 13.1. The summed E-state index contributed by atoms with van der Waals surface area (Å²) in [7, 11) is 0. The molecule has 1 N–H and O–H groups in total. The summed E-state index contributed by atoms with van der Waals surface area (Å²) >= 11 is 4.58. The van der Waals surface area contributed by atoms with E-state index in [4.69, 9.17) is 4.42 Å². The molecule has 5 heteroatoms. The molecule has 0 amide bonds. The Labute approximate surface area is 114 Å². The molecule has 0 unspecified atom stereocenters. The third-order valence-electron chi connectivity index (χ3n) is 2.57. The first-order valence-corrected chi connectivity index (χ1v) is 6.06. The summed E-state index contributed by atoms with van der Waals surface area (Å²) in [5.74, 6) is 0. The topological polar surface area (TPSA) is 50.4 Å². The lowest BCUT2D eigenvalue weighted by Gasteiger charge is -2.01. The normalized spacial score (nSPS) is 10.1. The number of rotatable bonds is 3. The van der Waals surface area contributed by atoms with Gasteiger partial charge in [0.1, 0.15) is 5.52 Å². The van der Waals surface area contributed by atoms with Gasteiger partial charge in [0.15, 0.2) is 5.58 Å². The molecule has 0 spiro atoms. The Morgan fingerprint density at radius 2 is 2.05 bits per heavy atom. The van der Waals surface area contributed by atoms with Crippen LogP contribution in [0.4, 0.5) is 17.4 Å². The number of oxazole rings is 1. The maximum Gasteiger partial charge on any atom is 0.300 e. The molecular weight excluding hydrogens is 258 g/mol. The van der Waals surface area contributed by atoms with Crippen LogP contribution in [0, 0.1) is 0 Å². The van der Waals surface area contributed by atoms with E-state index >= 15 is 0 Å². The molecule has 0 saturated carbocycles. The van der Waals surface area contributed by atoms with Gasteiger partial charge in [0.25, 0.3) is 6.01 Å². The number of aliphatic imine (C=N–C) groups is 1. The van der Waals surface area contributed by atoms with Crippen LogP contribution >= 0.6 is 12.2 Å². The van der Waals surface area contributed by atoms with E-state index < -0.39 is 0 Å². The first kappa shape index (κ1) is 11.6. The van der Waals surface area contributed by atoms with Crippen molar-refractivity contribution >= 4 is 45.9 Å². The van der Waals surface area contributed by atoms with Crippen molar-refractivity contribution in [2.24, 2.45) is 4.99 Å². The van der Waals surface area contributed by atoms with E-state index in [1.165, 1.54) is 0 Å². The van der Waals surface area contributed by atoms with E-state index in [-0.39, 0.29) is 0 Å². The zero-order valence-corrected chi connectivity index (χ0v) is 10.6. The van der Waals surface area contributed by atoms with E-state index in [9.17, 15) is 0 Å². The van der Waals surface area contributed by atoms with Crippen molar-refractivity contribution in [1.29, 1.82) is 0 Å². The number of aromatic nitrogens is 1. The lowest BCUT2D eigenvalue weighted by Crippen LogP contribution is -1.89. The third-order valence-corrected chi connectivity index (χ3v) is 2.66. The minimum Gasteiger partial charge on any atom is -0.423 e. The molecule has 1 heterocycles. The van der Waals surface area contributed by atoms with Crippen molar-refractivity contribution in [3.05, 3.63) is 48.5 Å². The van der Waals surface area contributed by atoms with Gasteiger partial charge in [-0.1, -0.05) is 18.2 Å². The largest absolute Gasteiger partial charge is 0.423 e. The number of anilines is 2. The van der Waals surface area contributed by atoms with Gasteiger partial charge >= 0.3 is 0 Å². The lowest BCUT2D eigenvalue weighted by molar-refractivity contribution is 0.623. The average molecular weight is 267 g/mol. The molecule has 0 saturated heterocycles. The Hall–Kier alpha value is -2.49. The average Bonchev–Trinajstić information content (AvgIpc) is 2.81. The molecule has 19 heavy (non-hydrogen) atoms. The van der Waals surface area contributed by atoms with Crippen LogP contribution in [-0.4, -0.2) is 10.1 Å². The van der Waals surface area contributed by atoms with Crippen molar-refractivity contribution in [3.63, 3.8) is 0 Å². The molecule has 2 aromatic carbocycles. The van der Waals surface area contributed by atoms with E-state index in [0.717, 1.165) is 22.5 Å². The van der Waals surface area contributed by atoms with Crippen molar-refractivity contribution in [3.8, 4) is 0 Å². The fourth-order valence-corrected chi connectivity index (χ4v) is 1.86. The summed E-state index contributed by atoms with van der Waals surface area (Å²) in [6, 6.07) is 15.5. The molecule has 0 bridgehead atoms. The number of thiocarbonyl (C=S) groups is 1. The highest BCUT2D eigenvalue weighted by Gasteiger charge is 2.05. The molecule has 0 aliphatic heterocycles. The van der Waals surface area contributed by atoms with Gasteiger partial charge in [-0.3, -0.25) is 0 Å². The number of fused-ring (bicyclic) bond motifs is 1. The van der Waals surface area contributed by atoms with Gasteiger partial charge in [-0.25, -0.2) is 0 Å². The Bertz CT molecular complexity index is 742. The van der Waals surface area contributed by atoms with Crippen LogP contribution in [0.5, 0.6) is 0 Å². The summed E-state index contributed by atoms with van der Waals surface area (Å²) in [5, 5.41) is 5.43. The van der Waals surface area contributed by atoms with E-state index in [0.29, 0.717) is 6.01 Å². The van der Waals surface area contributed by atoms with Gasteiger partial charge in [0.05, 0.1) is 10.8 Å². The van der Waals surface area contributed by atoms with Crippen LogP contribution in [-0.2, 0) is 0 Å². The fraction of sp³-hybridized carbons (Fsp3) is 0. The predicted octanol–water partition coefficient (Wildman–Crippen LogP) is 4.31. The van der Waals surface area contributed by atoms with Crippen molar-refractivity contribution < 1.29 is 4.42 Å². The van der Waals surface area contributed by atoms with Crippen molar-refractivity contribution in [1.82, 2.24) is 4.98 Å². The molecule has 3 aromatic rings. The molecule has 0 aliphatic carbocycles. The Morgan fingerprint density at radius 3 is 2.89 bits per heavy atom. The van der Waals surface area contributed by atoms with Gasteiger partial charge in [0, 0.05) is 5.69 Å². The minimum absolute atomic E-state index is 0.449. The van der Waals surface area contributed by atoms with Crippen molar-refractivity contribution in [2.45, 2.75) is 0 Å². The molecule has 0 fully saturated rings. The highest BCUT2D eigenvalue weighted by molar-refractivity contribution is 7.78. The fourth-order valence-electron chi connectivity index (χ4n) is 1.76. The molecular formula is C14H9N3OS. The summed E-state index contributed by atoms with van der Waals surface area (Å²) in [6.45, 7) is 0. The van der Waals surface area contributed by atoms with Crippen LogP contribution < -0.4 is 5.32 Å². The number of hydrogen-bond donors (Lipinski definition) is 1. The molecule has 0 atom stereocenters. The molecule has 4 nitrogen and oxygen atoms in total. The highest BCUT2D eigenvalue weighted by Crippen LogP contribution is 2.24. The zero-order valence-electron chi connectivity index (χ0n) is 9.83. The maximum absolute atomic E-state index is 5.58. The van der Waals surface area contributed by atoms with Crippen LogP contribution in [0.2, 0.25) is 0 Å². The number of hydrogen-bond acceptors (Lipinski definition) is 5. The number of para-hydroxylation sites is 2. The quantitative estimate of drug-likeness (QED) is 0.567. The SMILES string of the molecule is S=C=Nc1cccc(Nc2nc3ccccc3o2)c1. The Balaban J connectivity index is 1.91. The van der Waals surface area contributed by atoms with Gasteiger partial charge < -0.3 is 9.73 Å². The second-order valence-electron chi connectivity index (χ2n) is 3.87. The lowest BCUT2D eigenvalue weighted by atomic mass is 10.3. The molecule has 92 valence electrons. The number of isothiocyanates is 1. The summed E-state index contributed by atoms with van der Waals surface area (Å²) in [6.07, 6.45) is 0. The first-order chi connectivity index (χ1) is 9.35. The number of nitrogens with zero attached hydrogens (tertiary/aromatic N) is 2. The second-order valence-corrected chi connectivity index (χ2v) is 4.05.